The maximum Gasteiger partial charge on any atom is 0.203 e. The Morgan fingerprint density at radius 2 is 1.71 bits per heavy atom. The highest BCUT2D eigenvalue weighted by Crippen LogP contribution is 2.38. The molecule has 1 rings (SSSR count). The van der Waals surface area contributed by atoms with Crippen LogP contribution in [0, 0.1) is 0 Å². The third-order valence-corrected chi connectivity index (χ3v) is 4.70. The lowest BCUT2D eigenvalue weighted by atomic mass is 10.1. The summed E-state index contributed by atoms with van der Waals surface area (Å²) in [6.07, 6.45) is 0.692. The van der Waals surface area contributed by atoms with E-state index >= 15 is 0 Å². The third kappa shape index (κ3) is 5.09. The average molecular weight is 317 g/mol. The molecule has 0 bridgehead atoms. The van der Waals surface area contributed by atoms with Crippen LogP contribution in [-0.2, 0) is 16.3 Å². The Kier molecular flexibility index (Phi) is 6.77. The number of methoxy groups -OCH3 is 2. The molecule has 21 heavy (non-hydrogen) atoms. The maximum absolute atomic E-state index is 11.5. The molecule has 0 unspecified atom stereocenters. The topological polar surface area (TPSA) is 87.9 Å². The summed E-state index contributed by atoms with van der Waals surface area (Å²) in [5, 5.41) is 0. The van der Waals surface area contributed by atoms with Crippen molar-refractivity contribution in [2.75, 3.05) is 38.9 Å². The molecule has 1 aromatic carbocycles. The predicted octanol–water partition coefficient (Wildman–Crippen LogP) is 1.02. The molecular weight excluding hydrogens is 294 g/mol. The molecule has 7 heteroatoms. The molecule has 1 aromatic rings. The monoisotopic (exact) mass is 317 g/mol. The molecule has 0 heterocycles. The lowest BCUT2D eigenvalue weighted by Crippen LogP contribution is -2.16. The van der Waals surface area contributed by atoms with E-state index in [4.69, 9.17) is 19.9 Å². The molecule has 120 valence electrons. The lowest BCUT2D eigenvalue weighted by molar-refractivity contribution is 0.288. The van der Waals surface area contributed by atoms with Crippen LogP contribution in [0.2, 0.25) is 0 Å². The van der Waals surface area contributed by atoms with Gasteiger partial charge in [-0.15, -0.1) is 0 Å². The number of hydrogen-bond acceptors (Lipinski definition) is 6. The summed E-state index contributed by atoms with van der Waals surface area (Å²) in [5.41, 5.74) is 6.52. The van der Waals surface area contributed by atoms with Gasteiger partial charge >= 0.3 is 0 Å². The van der Waals surface area contributed by atoms with Crippen LogP contribution in [0.3, 0.4) is 0 Å². The molecule has 2 N–H and O–H groups in total. The maximum atomic E-state index is 11.5. The first-order chi connectivity index (χ1) is 9.97. The standard InChI is InChI=1S/C14H23NO5S/c1-4-21(16,17)8-7-20-14-12(18-2)9-11(5-6-15)10-13(14)19-3/h9-10H,4-8,15H2,1-3H3. The molecule has 6 nitrogen and oxygen atoms in total. The summed E-state index contributed by atoms with van der Waals surface area (Å²) >= 11 is 0. The van der Waals surface area contributed by atoms with Crippen molar-refractivity contribution in [1.82, 2.24) is 0 Å². The fourth-order valence-corrected chi connectivity index (χ4v) is 2.43. The highest BCUT2D eigenvalue weighted by atomic mass is 32.2. The second-order valence-electron chi connectivity index (χ2n) is 4.45. The highest BCUT2D eigenvalue weighted by Gasteiger charge is 2.15. The van der Waals surface area contributed by atoms with Gasteiger partial charge in [0.25, 0.3) is 0 Å². The second kappa shape index (κ2) is 8.09. The van der Waals surface area contributed by atoms with Crippen molar-refractivity contribution < 1.29 is 22.6 Å². The number of benzene rings is 1. The van der Waals surface area contributed by atoms with Crippen molar-refractivity contribution in [2.24, 2.45) is 5.73 Å². The molecule has 0 fully saturated rings. The van der Waals surface area contributed by atoms with Crippen molar-refractivity contribution in [2.45, 2.75) is 13.3 Å². The predicted molar refractivity (Wildman–Crippen MR) is 82.1 cm³/mol. The molecule has 0 amide bonds. The number of rotatable bonds is 9. The van der Waals surface area contributed by atoms with Gasteiger partial charge in [-0.05, 0) is 30.7 Å². The number of ether oxygens (including phenoxy) is 3. The van der Waals surface area contributed by atoms with Crippen molar-refractivity contribution in [1.29, 1.82) is 0 Å². The summed E-state index contributed by atoms with van der Waals surface area (Å²) in [7, 11) is -0.0198. The summed E-state index contributed by atoms with van der Waals surface area (Å²) in [4.78, 5) is 0. The van der Waals surface area contributed by atoms with Gasteiger partial charge in [0, 0.05) is 5.75 Å². The molecule has 0 radical (unpaired) electrons. The molecular formula is C14H23NO5S. The Bertz CT molecular complexity index is 531. The van der Waals surface area contributed by atoms with Gasteiger partial charge in [0.05, 0.1) is 20.0 Å². The van der Waals surface area contributed by atoms with Crippen molar-refractivity contribution in [3.63, 3.8) is 0 Å². The number of hydrogen-bond donors (Lipinski definition) is 1. The van der Waals surface area contributed by atoms with Crippen LogP contribution in [0.5, 0.6) is 17.2 Å². The van der Waals surface area contributed by atoms with Crippen LogP contribution in [0.15, 0.2) is 12.1 Å². The first kappa shape index (κ1) is 17.6. The molecule has 0 saturated heterocycles. The SMILES string of the molecule is CCS(=O)(=O)CCOc1c(OC)cc(CCN)cc1OC. The van der Waals surface area contributed by atoms with Gasteiger partial charge < -0.3 is 19.9 Å². The van der Waals surface area contributed by atoms with Gasteiger partial charge in [0.2, 0.25) is 5.75 Å². The quantitative estimate of drug-likeness (QED) is 0.731. The van der Waals surface area contributed by atoms with E-state index in [-0.39, 0.29) is 18.1 Å². The Labute approximate surface area is 126 Å². The normalized spacial score (nSPS) is 11.2. The van der Waals surface area contributed by atoms with Crippen LogP contribution in [-0.4, -0.2) is 47.3 Å². The van der Waals surface area contributed by atoms with E-state index in [2.05, 4.69) is 0 Å². The van der Waals surface area contributed by atoms with Gasteiger partial charge in [-0.25, -0.2) is 8.42 Å². The summed E-state index contributed by atoms with van der Waals surface area (Å²) in [6, 6.07) is 3.64. The van der Waals surface area contributed by atoms with Crippen molar-refractivity contribution >= 4 is 9.84 Å². The van der Waals surface area contributed by atoms with E-state index in [0.29, 0.717) is 30.2 Å². The fraction of sp³-hybridized carbons (Fsp3) is 0.571. The van der Waals surface area contributed by atoms with E-state index in [1.165, 1.54) is 14.2 Å². The molecule has 0 atom stereocenters. The van der Waals surface area contributed by atoms with Gasteiger partial charge in [-0.1, -0.05) is 6.92 Å². The first-order valence-electron chi connectivity index (χ1n) is 6.75. The van der Waals surface area contributed by atoms with Crippen molar-refractivity contribution in [3.05, 3.63) is 17.7 Å². The molecule has 0 spiro atoms. The van der Waals surface area contributed by atoms with E-state index in [9.17, 15) is 8.42 Å². The van der Waals surface area contributed by atoms with Gasteiger partial charge in [-0.2, -0.15) is 0 Å². The van der Waals surface area contributed by atoms with Gasteiger partial charge in [0.15, 0.2) is 21.3 Å². The number of nitrogens with two attached hydrogens (primary N) is 1. The van der Waals surface area contributed by atoms with Crippen LogP contribution in [0.25, 0.3) is 0 Å². The van der Waals surface area contributed by atoms with Crippen LogP contribution >= 0.6 is 0 Å². The van der Waals surface area contributed by atoms with E-state index < -0.39 is 9.84 Å². The zero-order chi connectivity index (χ0) is 15.9. The molecule has 0 aliphatic rings. The molecule has 0 aliphatic heterocycles. The summed E-state index contributed by atoms with van der Waals surface area (Å²) in [6.45, 7) is 2.18. The lowest BCUT2D eigenvalue weighted by Gasteiger charge is -2.16. The Morgan fingerprint density at radius 1 is 1.14 bits per heavy atom. The van der Waals surface area contributed by atoms with E-state index in [0.717, 1.165) is 5.56 Å². The average Bonchev–Trinajstić information content (AvgIpc) is 2.48. The largest absolute Gasteiger partial charge is 0.493 e. The third-order valence-electron chi connectivity index (χ3n) is 3.03. The highest BCUT2D eigenvalue weighted by molar-refractivity contribution is 7.91. The molecule has 0 aliphatic carbocycles. The Morgan fingerprint density at radius 3 is 2.14 bits per heavy atom. The van der Waals surface area contributed by atoms with E-state index in [1.807, 2.05) is 12.1 Å². The minimum atomic E-state index is -3.07. The molecule has 0 aromatic heterocycles. The zero-order valence-electron chi connectivity index (χ0n) is 12.7. The Hall–Kier alpha value is -1.47. The smallest absolute Gasteiger partial charge is 0.203 e. The first-order valence-corrected chi connectivity index (χ1v) is 8.57. The summed E-state index contributed by atoms with van der Waals surface area (Å²) in [5.74, 6) is 1.48. The van der Waals surface area contributed by atoms with Crippen LogP contribution in [0.1, 0.15) is 12.5 Å². The fourth-order valence-electron chi connectivity index (χ4n) is 1.80. The van der Waals surface area contributed by atoms with E-state index in [1.54, 1.807) is 6.92 Å². The minimum absolute atomic E-state index is 0.0413. The zero-order valence-corrected chi connectivity index (χ0v) is 13.5. The second-order valence-corrected chi connectivity index (χ2v) is 6.93. The van der Waals surface area contributed by atoms with Crippen LogP contribution < -0.4 is 19.9 Å². The van der Waals surface area contributed by atoms with Crippen molar-refractivity contribution in [3.8, 4) is 17.2 Å². The van der Waals surface area contributed by atoms with Crippen LogP contribution in [0.4, 0.5) is 0 Å². The number of sulfone groups is 1. The summed E-state index contributed by atoms with van der Waals surface area (Å²) < 4.78 is 39.1. The van der Waals surface area contributed by atoms with Gasteiger partial charge in [0.1, 0.15) is 6.61 Å². The van der Waals surface area contributed by atoms with Gasteiger partial charge in [-0.3, -0.25) is 0 Å². The minimum Gasteiger partial charge on any atom is -0.493 e. The molecule has 0 saturated carbocycles. The Balaban J connectivity index is 2.94.